The van der Waals surface area contributed by atoms with E-state index in [1.807, 2.05) is 0 Å². The molecule has 0 aromatic carbocycles. The molecule has 0 bridgehead atoms. The Morgan fingerprint density at radius 1 is 1.45 bits per heavy atom. The Labute approximate surface area is 120 Å². The number of carbonyl (C=O) groups excluding carboxylic acids is 1. The Morgan fingerprint density at radius 3 is 2.80 bits per heavy atom. The number of hydrogen-bond acceptors (Lipinski definition) is 5. The molecule has 0 radical (unpaired) electrons. The fraction of sp³-hybridized carbons (Fsp3) is 0.600. The van der Waals surface area contributed by atoms with Crippen molar-refractivity contribution in [1.29, 1.82) is 0 Å². The van der Waals surface area contributed by atoms with Crippen LogP contribution < -0.4 is 10.6 Å². The number of ether oxygens (including phenoxy) is 1. The fourth-order valence-electron chi connectivity index (χ4n) is 2.97. The van der Waals surface area contributed by atoms with Crippen molar-refractivity contribution in [3.63, 3.8) is 0 Å². The first-order valence-corrected chi connectivity index (χ1v) is 7.05. The lowest BCUT2D eigenvalue weighted by Crippen LogP contribution is -2.46. The number of hydrogen-bond donors (Lipinski definition) is 1. The average Bonchev–Trinajstić information content (AvgIpc) is 2.42. The Kier molecular flexibility index (Phi) is 4.16. The zero-order valence-electron chi connectivity index (χ0n) is 12.6. The zero-order chi connectivity index (χ0) is 14.9. The molecular formula is C15H23N3O2. The number of rotatable bonds is 2. The summed E-state index contributed by atoms with van der Waals surface area (Å²) < 4.78 is 4.76. The molecule has 0 aliphatic carbocycles. The summed E-state index contributed by atoms with van der Waals surface area (Å²) in [7, 11) is 1.36. The van der Waals surface area contributed by atoms with Crippen molar-refractivity contribution in [2.45, 2.75) is 33.2 Å². The maximum Gasteiger partial charge on any atom is 0.340 e. The van der Waals surface area contributed by atoms with Gasteiger partial charge in [-0.15, -0.1) is 0 Å². The summed E-state index contributed by atoms with van der Waals surface area (Å²) in [6, 6.07) is 1.96. The average molecular weight is 277 g/mol. The van der Waals surface area contributed by atoms with Gasteiger partial charge in [0.1, 0.15) is 0 Å². The third kappa shape index (κ3) is 2.57. The number of piperidine rings is 1. The van der Waals surface area contributed by atoms with Gasteiger partial charge in [-0.3, -0.25) is 0 Å². The monoisotopic (exact) mass is 277 g/mol. The van der Waals surface area contributed by atoms with E-state index < -0.39 is 5.97 Å². The zero-order valence-corrected chi connectivity index (χ0v) is 12.6. The lowest BCUT2D eigenvalue weighted by atomic mass is 9.86. The molecule has 110 valence electrons. The predicted octanol–water partition coefficient (Wildman–Crippen LogP) is 2.32. The Morgan fingerprint density at radius 2 is 2.15 bits per heavy atom. The first-order chi connectivity index (χ1) is 9.45. The molecule has 1 aliphatic rings. The molecule has 2 rings (SSSR count). The van der Waals surface area contributed by atoms with Crippen LogP contribution in [0.1, 0.15) is 37.6 Å². The number of aromatic nitrogens is 1. The topological polar surface area (TPSA) is 68.5 Å². The summed E-state index contributed by atoms with van der Waals surface area (Å²) in [4.78, 5) is 18.3. The molecule has 0 spiro atoms. The lowest BCUT2D eigenvalue weighted by molar-refractivity contribution is 0.0602. The van der Waals surface area contributed by atoms with Gasteiger partial charge in [-0.1, -0.05) is 13.8 Å². The molecule has 5 nitrogen and oxygen atoms in total. The van der Waals surface area contributed by atoms with Crippen molar-refractivity contribution in [1.82, 2.24) is 4.98 Å². The van der Waals surface area contributed by atoms with E-state index in [9.17, 15) is 4.79 Å². The summed E-state index contributed by atoms with van der Waals surface area (Å²) in [5.41, 5.74) is 6.93. The highest BCUT2D eigenvalue weighted by atomic mass is 16.5. The van der Waals surface area contributed by atoms with E-state index in [0.717, 1.165) is 6.54 Å². The molecule has 1 fully saturated rings. The van der Waals surface area contributed by atoms with Crippen LogP contribution in [0.3, 0.4) is 0 Å². The van der Waals surface area contributed by atoms with Crippen LogP contribution in [0.5, 0.6) is 0 Å². The molecule has 0 amide bonds. The number of anilines is 2. The van der Waals surface area contributed by atoms with Crippen molar-refractivity contribution in [2.24, 2.45) is 11.8 Å². The number of methoxy groups -OCH3 is 1. The summed E-state index contributed by atoms with van der Waals surface area (Å²) in [5.74, 6) is 1.43. The van der Waals surface area contributed by atoms with Gasteiger partial charge in [0.2, 0.25) is 0 Å². The van der Waals surface area contributed by atoms with E-state index in [2.05, 4.69) is 30.7 Å². The number of nitrogens with two attached hydrogens (primary N) is 1. The van der Waals surface area contributed by atoms with E-state index in [-0.39, 0.29) is 0 Å². The minimum Gasteiger partial charge on any atom is -0.465 e. The molecule has 2 heterocycles. The number of nitrogens with zero attached hydrogens (tertiary/aromatic N) is 2. The van der Waals surface area contributed by atoms with E-state index in [0.29, 0.717) is 34.9 Å². The third-order valence-corrected chi connectivity index (χ3v) is 4.24. The van der Waals surface area contributed by atoms with Crippen LogP contribution in [0, 0.1) is 11.8 Å². The van der Waals surface area contributed by atoms with Gasteiger partial charge in [0.05, 0.1) is 18.4 Å². The van der Waals surface area contributed by atoms with Crippen LogP contribution in [0.15, 0.2) is 12.3 Å². The van der Waals surface area contributed by atoms with Gasteiger partial charge in [-0.2, -0.15) is 0 Å². The minimum atomic E-state index is -0.420. The normalized spacial score (nSPS) is 26.4. The molecule has 1 aromatic heterocycles. The molecule has 3 unspecified atom stereocenters. The van der Waals surface area contributed by atoms with E-state index in [1.54, 1.807) is 12.3 Å². The molecule has 1 aliphatic heterocycles. The molecule has 2 N–H and O–H groups in total. The smallest absolute Gasteiger partial charge is 0.340 e. The van der Waals surface area contributed by atoms with Crippen LogP contribution in [-0.2, 0) is 4.74 Å². The van der Waals surface area contributed by atoms with Crippen LogP contribution in [0.2, 0.25) is 0 Å². The quantitative estimate of drug-likeness (QED) is 0.840. The van der Waals surface area contributed by atoms with Crippen molar-refractivity contribution >= 4 is 17.5 Å². The Hall–Kier alpha value is -1.78. The second-order valence-corrected chi connectivity index (χ2v) is 5.80. The maximum atomic E-state index is 11.7. The second kappa shape index (κ2) is 5.69. The Bertz CT molecular complexity index is 504. The van der Waals surface area contributed by atoms with Crippen LogP contribution in [0.4, 0.5) is 11.5 Å². The number of carbonyl (C=O) groups is 1. The molecule has 20 heavy (non-hydrogen) atoms. The van der Waals surface area contributed by atoms with E-state index >= 15 is 0 Å². The predicted molar refractivity (Wildman–Crippen MR) is 79.7 cm³/mol. The molecule has 3 atom stereocenters. The highest BCUT2D eigenvalue weighted by Crippen LogP contribution is 2.34. The summed E-state index contributed by atoms with van der Waals surface area (Å²) in [5, 5.41) is 0. The molecule has 1 saturated heterocycles. The second-order valence-electron chi connectivity index (χ2n) is 5.80. The molecule has 1 aromatic rings. The number of esters is 1. The van der Waals surface area contributed by atoms with Crippen LogP contribution in [0.25, 0.3) is 0 Å². The van der Waals surface area contributed by atoms with Crippen molar-refractivity contribution < 1.29 is 9.53 Å². The Balaban J connectivity index is 2.39. The van der Waals surface area contributed by atoms with Gasteiger partial charge >= 0.3 is 5.97 Å². The molecule has 5 heteroatoms. The summed E-state index contributed by atoms with van der Waals surface area (Å²) >= 11 is 0. The minimum absolute atomic E-state index is 0.355. The van der Waals surface area contributed by atoms with Crippen molar-refractivity contribution in [3.05, 3.63) is 17.8 Å². The molecular weight excluding hydrogens is 254 g/mol. The number of pyridine rings is 1. The highest BCUT2D eigenvalue weighted by Gasteiger charge is 2.31. The third-order valence-electron chi connectivity index (χ3n) is 4.24. The van der Waals surface area contributed by atoms with Gasteiger partial charge in [0.25, 0.3) is 0 Å². The van der Waals surface area contributed by atoms with Gasteiger partial charge in [0.15, 0.2) is 5.82 Å². The summed E-state index contributed by atoms with van der Waals surface area (Å²) in [6.45, 7) is 7.57. The van der Waals surface area contributed by atoms with Crippen LogP contribution in [-0.4, -0.2) is 30.6 Å². The van der Waals surface area contributed by atoms with Crippen molar-refractivity contribution in [2.75, 3.05) is 24.3 Å². The van der Waals surface area contributed by atoms with Crippen molar-refractivity contribution in [3.8, 4) is 0 Å². The van der Waals surface area contributed by atoms with Gasteiger partial charge in [-0.05, 0) is 31.2 Å². The maximum absolute atomic E-state index is 11.7. The van der Waals surface area contributed by atoms with E-state index in [4.69, 9.17) is 10.5 Å². The largest absolute Gasteiger partial charge is 0.465 e. The highest BCUT2D eigenvalue weighted by molar-refractivity contribution is 5.97. The van der Waals surface area contributed by atoms with Gasteiger partial charge in [-0.25, -0.2) is 9.78 Å². The standard InChI is InChI=1S/C15H23N3O2/c1-9-7-10(2)11(3)18(8-9)14-13(16)12(5-6-17-14)15(19)20-4/h5-6,9-11H,7-8,16H2,1-4H3. The first kappa shape index (κ1) is 14.6. The van der Waals surface area contributed by atoms with Crippen LogP contribution >= 0.6 is 0 Å². The van der Waals surface area contributed by atoms with E-state index in [1.165, 1.54) is 13.5 Å². The summed E-state index contributed by atoms with van der Waals surface area (Å²) in [6.07, 6.45) is 2.82. The van der Waals surface area contributed by atoms with Gasteiger partial charge in [0, 0.05) is 18.8 Å². The van der Waals surface area contributed by atoms with Gasteiger partial charge < -0.3 is 15.4 Å². The SMILES string of the molecule is COC(=O)c1ccnc(N2CC(C)CC(C)C2C)c1N. The lowest BCUT2D eigenvalue weighted by Gasteiger charge is -2.42. The fourth-order valence-corrected chi connectivity index (χ4v) is 2.97. The number of nitrogen functional groups attached to an aromatic ring is 1. The first-order valence-electron chi connectivity index (χ1n) is 7.05. The molecule has 0 saturated carbocycles.